The summed E-state index contributed by atoms with van der Waals surface area (Å²) < 4.78 is 0. The summed E-state index contributed by atoms with van der Waals surface area (Å²) in [5.74, 6) is 0. The molecule has 1 aliphatic rings. The van der Waals surface area contributed by atoms with E-state index in [1.807, 2.05) is 12.3 Å². The van der Waals surface area contributed by atoms with E-state index in [9.17, 15) is 0 Å². The van der Waals surface area contributed by atoms with Crippen molar-refractivity contribution in [2.24, 2.45) is 0 Å². The molecule has 0 amide bonds. The van der Waals surface area contributed by atoms with Crippen molar-refractivity contribution in [1.82, 2.24) is 4.98 Å². The Morgan fingerprint density at radius 1 is 1.54 bits per heavy atom. The first kappa shape index (κ1) is 9.15. The number of aromatic nitrogens is 1. The van der Waals surface area contributed by atoms with Gasteiger partial charge in [0.05, 0.1) is 0 Å². The van der Waals surface area contributed by atoms with E-state index in [0.717, 1.165) is 5.66 Å². The van der Waals surface area contributed by atoms with Crippen LogP contribution in [0.2, 0.25) is 0 Å². The third-order valence-corrected chi connectivity index (χ3v) is 5.55. The van der Waals surface area contributed by atoms with Crippen molar-refractivity contribution in [3.8, 4) is 0 Å². The molecule has 0 N–H and O–H groups in total. The van der Waals surface area contributed by atoms with Crippen molar-refractivity contribution < 1.29 is 0 Å². The molecule has 1 aliphatic heterocycles. The summed E-state index contributed by atoms with van der Waals surface area (Å²) in [6.45, 7) is 2.44. The van der Waals surface area contributed by atoms with Crippen LogP contribution in [0.25, 0.3) is 0 Å². The monoisotopic (exact) mass is 193 g/mol. The molecule has 1 saturated heterocycles. The lowest BCUT2D eigenvalue weighted by Crippen LogP contribution is -2.05. The molecular weight excluding hydrogens is 177 g/mol. The van der Waals surface area contributed by atoms with Crippen LogP contribution in [-0.2, 0) is 6.42 Å². The maximum atomic E-state index is 4.39. The third kappa shape index (κ3) is 2.28. The second-order valence-corrected chi connectivity index (χ2v) is 6.49. The molecule has 13 heavy (non-hydrogen) atoms. The van der Waals surface area contributed by atoms with E-state index in [2.05, 4.69) is 23.8 Å². The van der Waals surface area contributed by atoms with Crippen LogP contribution in [0.3, 0.4) is 0 Å². The van der Waals surface area contributed by atoms with E-state index in [-0.39, 0.29) is 0 Å². The molecule has 2 heterocycles. The van der Waals surface area contributed by atoms with Crippen molar-refractivity contribution in [3.63, 3.8) is 0 Å². The molecule has 2 heteroatoms. The van der Waals surface area contributed by atoms with Gasteiger partial charge in [-0.1, -0.05) is 6.07 Å². The van der Waals surface area contributed by atoms with Crippen LogP contribution in [-0.4, -0.2) is 23.5 Å². The number of rotatable bonds is 2. The molecule has 0 spiro atoms. The lowest BCUT2D eigenvalue weighted by atomic mass is 10.1. The molecule has 70 valence electrons. The maximum absolute atomic E-state index is 4.39. The van der Waals surface area contributed by atoms with Crippen molar-refractivity contribution >= 4 is 7.92 Å². The van der Waals surface area contributed by atoms with Crippen LogP contribution in [0.1, 0.15) is 18.5 Å². The topological polar surface area (TPSA) is 12.9 Å². The molecule has 0 unspecified atom stereocenters. The SMILES string of the molecule is C[P@@]1CCC[C@@H]1Cc1ccccn1. The Balaban J connectivity index is 1.98. The summed E-state index contributed by atoms with van der Waals surface area (Å²) in [6, 6.07) is 6.24. The number of hydrogen-bond acceptors (Lipinski definition) is 1. The summed E-state index contributed by atoms with van der Waals surface area (Å²) in [5.41, 5.74) is 2.23. The normalized spacial score (nSPS) is 27.8. The zero-order chi connectivity index (χ0) is 9.10. The Bertz CT molecular complexity index is 260. The Labute approximate surface area is 81.3 Å². The summed E-state index contributed by atoms with van der Waals surface area (Å²) in [5, 5.41) is 0. The third-order valence-electron chi connectivity index (χ3n) is 2.84. The van der Waals surface area contributed by atoms with Gasteiger partial charge in [0.25, 0.3) is 0 Å². The zero-order valence-electron chi connectivity index (χ0n) is 8.11. The predicted molar refractivity (Wildman–Crippen MR) is 58.7 cm³/mol. The van der Waals surface area contributed by atoms with Gasteiger partial charge in [0.15, 0.2) is 0 Å². The first-order valence-electron chi connectivity index (χ1n) is 4.96. The highest BCUT2D eigenvalue weighted by Gasteiger charge is 2.22. The van der Waals surface area contributed by atoms with Crippen LogP contribution in [0.15, 0.2) is 24.4 Å². The lowest BCUT2D eigenvalue weighted by molar-refractivity contribution is 0.760. The Kier molecular flexibility index (Phi) is 2.95. The number of hydrogen-bond donors (Lipinski definition) is 0. The standard InChI is InChI=1S/C11H16NP/c1-13-8-4-6-11(13)9-10-5-2-3-7-12-10/h2-3,5,7,11H,4,6,8-9H2,1H3/t11-,13+/m1/s1. The smallest absolute Gasteiger partial charge is 0.0409 e. The van der Waals surface area contributed by atoms with E-state index in [1.54, 1.807) is 0 Å². The molecule has 1 aromatic heterocycles. The average molecular weight is 193 g/mol. The molecule has 0 aromatic carbocycles. The molecule has 0 saturated carbocycles. The number of pyridine rings is 1. The van der Waals surface area contributed by atoms with Crippen molar-refractivity contribution in [2.45, 2.75) is 24.9 Å². The molecule has 1 fully saturated rings. The highest BCUT2D eigenvalue weighted by atomic mass is 31.1. The van der Waals surface area contributed by atoms with E-state index >= 15 is 0 Å². The van der Waals surface area contributed by atoms with Gasteiger partial charge in [-0.3, -0.25) is 4.98 Å². The van der Waals surface area contributed by atoms with Crippen molar-refractivity contribution in [1.29, 1.82) is 0 Å². The van der Waals surface area contributed by atoms with Gasteiger partial charge in [0.1, 0.15) is 0 Å². The highest BCUT2D eigenvalue weighted by molar-refractivity contribution is 7.57. The molecular formula is C11H16NP. The van der Waals surface area contributed by atoms with Crippen LogP contribution in [0.5, 0.6) is 0 Å². The summed E-state index contributed by atoms with van der Waals surface area (Å²) >= 11 is 0. The zero-order valence-corrected chi connectivity index (χ0v) is 9.00. The Morgan fingerprint density at radius 2 is 2.46 bits per heavy atom. The summed E-state index contributed by atoms with van der Waals surface area (Å²) in [4.78, 5) is 4.39. The minimum Gasteiger partial charge on any atom is -0.261 e. The van der Waals surface area contributed by atoms with Crippen molar-refractivity contribution in [3.05, 3.63) is 30.1 Å². The molecule has 0 radical (unpaired) electrons. The quantitative estimate of drug-likeness (QED) is 0.658. The molecule has 1 nitrogen and oxygen atoms in total. The van der Waals surface area contributed by atoms with Crippen molar-refractivity contribution in [2.75, 3.05) is 12.8 Å². The van der Waals surface area contributed by atoms with E-state index in [1.165, 1.54) is 31.1 Å². The minimum absolute atomic E-state index is 0.308. The predicted octanol–water partition coefficient (Wildman–Crippen LogP) is 2.90. The van der Waals surface area contributed by atoms with Crippen LogP contribution in [0, 0.1) is 0 Å². The first-order chi connectivity index (χ1) is 6.36. The van der Waals surface area contributed by atoms with Gasteiger partial charge in [-0.05, 0) is 49.9 Å². The molecule has 2 atom stereocenters. The lowest BCUT2D eigenvalue weighted by Gasteiger charge is -2.14. The van der Waals surface area contributed by atoms with Gasteiger partial charge in [0, 0.05) is 11.9 Å². The van der Waals surface area contributed by atoms with Gasteiger partial charge < -0.3 is 0 Å². The fourth-order valence-corrected chi connectivity index (χ4v) is 4.17. The van der Waals surface area contributed by atoms with Gasteiger partial charge in [-0.2, -0.15) is 0 Å². The maximum Gasteiger partial charge on any atom is 0.0409 e. The van der Waals surface area contributed by atoms with Gasteiger partial charge in [-0.15, -0.1) is 7.92 Å². The van der Waals surface area contributed by atoms with E-state index in [0.29, 0.717) is 7.92 Å². The highest BCUT2D eigenvalue weighted by Crippen LogP contribution is 2.47. The molecule has 0 aliphatic carbocycles. The molecule has 0 bridgehead atoms. The Hall–Kier alpha value is -0.420. The number of nitrogens with zero attached hydrogens (tertiary/aromatic N) is 1. The second-order valence-electron chi connectivity index (χ2n) is 3.80. The fraction of sp³-hybridized carbons (Fsp3) is 0.545. The van der Waals surface area contributed by atoms with Crippen LogP contribution >= 0.6 is 7.92 Å². The van der Waals surface area contributed by atoms with E-state index in [4.69, 9.17) is 0 Å². The van der Waals surface area contributed by atoms with Gasteiger partial charge in [0.2, 0.25) is 0 Å². The molecule has 1 aromatic rings. The molecule has 2 rings (SSSR count). The van der Waals surface area contributed by atoms with E-state index < -0.39 is 0 Å². The fourth-order valence-electron chi connectivity index (χ4n) is 2.00. The largest absolute Gasteiger partial charge is 0.261 e. The van der Waals surface area contributed by atoms with Crippen LogP contribution in [0.4, 0.5) is 0 Å². The van der Waals surface area contributed by atoms with Gasteiger partial charge in [-0.25, -0.2) is 0 Å². The average Bonchev–Trinajstić information content (AvgIpc) is 2.54. The summed E-state index contributed by atoms with van der Waals surface area (Å²) in [6.07, 6.45) is 7.47. The van der Waals surface area contributed by atoms with Gasteiger partial charge >= 0.3 is 0 Å². The second kappa shape index (κ2) is 4.19. The first-order valence-corrected chi connectivity index (χ1v) is 7.01. The Morgan fingerprint density at radius 3 is 3.08 bits per heavy atom. The van der Waals surface area contributed by atoms with Crippen LogP contribution < -0.4 is 0 Å². The minimum atomic E-state index is 0.308. The summed E-state index contributed by atoms with van der Waals surface area (Å²) in [7, 11) is 0.308.